The van der Waals surface area contributed by atoms with Gasteiger partial charge in [-0.1, -0.05) is 189 Å². The summed E-state index contributed by atoms with van der Waals surface area (Å²) in [4.78, 5) is 2.42. The maximum absolute atomic E-state index is 15.9. The molecule has 0 bridgehead atoms. The summed E-state index contributed by atoms with van der Waals surface area (Å²) in [6.07, 6.45) is 0. The van der Waals surface area contributed by atoms with E-state index >= 15 is 4.57 Å². The second kappa shape index (κ2) is 13.9. The van der Waals surface area contributed by atoms with E-state index in [4.69, 9.17) is 0 Å². The Morgan fingerprint density at radius 1 is 0.462 bits per heavy atom. The highest BCUT2D eigenvalue weighted by atomic mass is 32.1. The van der Waals surface area contributed by atoms with Gasteiger partial charge in [-0.25, -0.2) is 0 Å². The molecule has 5 aromatic carbocycles. The smallest absolute Gasteiger partial charge is 0.173 e. The molecule has 0 radical (unpaired) electrons. The molecule has 6 heteroatoms. The lowest BCUT2D eigenvalue weighted by Gasteiger charge is -2.21. The van der Waals surface area contributed by atoms with Gasteiger partial charge in [-0.15, -0.1) is 22.7 Å². The van der Waals surface area contributed by atoms with Crippen molar-refractivity contribution in [1.29, 1.82) is 0 Å². The maximum atomic E-state index is 15.9. The molecule has 3 heterocycles. The minimum atomic E-state index is -3.08. The molecule has 52 heavy (non-hydrogen) atoms. The van der Waals surface area contributed by atoms with E-state index in [0.717, 1.165) is 15.9 Å². The fourth-order valence-corrected chi connectivity index (χ4v) is 20.0. The second-order valence-electron chi connectivity index (χ2n) is 14.6. The number of hydrogen-bond acceptors (Lipinski definition) is 3. The molecule has 0 N–H and O–H groups in total. The van der Waals surface area contributed by atoms with Gasteiger partial charge in [0.15, 0.2) is 7.14 Å². The molecule has 0 saturated carbocycles. The molecule has 7 aromatic rings. The first kappa shape index (κ1) is 34.7. The summed E-state index contributed by atoms with van der Waals surface area (Å²) in [7, 11) is -7.42. The Morgan fingerprint density at radius 2 is 0.750 bits per heavy atom. The van der Waals surface area contributed by atoms with Gasteiger partial charge in [0, 0.05) is 15.9 Å². The van der Waals surface area contributed by atoms with E-state index in [-0.39, 0.29) is 0 Å². The zero-order chi connectivity index (χ0) is 35.9. The normalized spacial score (nSPS) is 13.2. The van der Waals surface area contributed by atoms with E-state index in [1.54, 1.807) is 0 Å². The van der Waals surface area contributed by atoms with Crippen LogP contribution >= 0.6 is 29.8 Å². The minimum absolute atomic E-state index is 0.928. The molecule has 256 valence electrons. The lowest BCUT2D eigenvalue weighted by atomic mass is 10.00. The van der Waals surface area contributed by atoms with Crippen LogP contribution in [0, 0.1) is 0 Å². The molecule has 0 atom stereocenters. The van der Waals surface area contributed by atoms with Crippen LogP contribution in [0.5, 0.6) is 0 Å². The Bertz CT molecular complexity index is 2230. The highest BCUT2D eigenvalue weighted by molar-refractivity contribution is 7.87. The third-order valence-electron chi connectivity index (χ3n) is 10.0. The predicted molar refractivity (Wildman–Crippen MR) is 235 cm³/mol. The number of thiophene rings is 2. The van der Waals surface area contributed by atoms with Gasteiger partial charge in [-0.2, -0.15) is 0 Å². The topological polar surface area (TPSA) is 17.1 Å². The van der Waals surface area contributed by atoms with Gasteiger partial charge in [-0.05, 0) is 54.5 Å². The van der Waals surface area contributed by atoms with Gasteiger partial charge < -0.3 is 4.57 Å². The van der Waals surface area contributed by atoms with Crippen LogP contribution in [0.4, 0.5) is 0 Å². The standard InChI is InChI=1S/C46H41OPS2Si2/c1-51(2,32-39(34-20-10-5-11-21-34)35-22-12-6-13-23-35)43-30-41-45(49-43)46-42(48(41,47)38-28-18-9-19-29-38)31-44(50-46)52(3,4)33-40(36-24-14-7-15-25-36)37-26-16-8-17-27-37/h5-33H,1-4H3. The number of fused-ring (bicyclic) bond motifs is 3. The molecule has 1 aliphatic heterocycles. The van der Waals surface area contributed by atoms with Crippen LogP contribution in [-0.2, 0) is 4.57 Å². The highest BCUT2D eigenvalue weighted by Gasteiger charge is 2.46. The molecule has 0 unspecified atom stereocenters. The summed E-state index contributed by atoms with van der Waals surface area (Å²) in [5, 5.41) is 2.99. The zero-order valence-electron chi connectivity index (χ0n) is 29.9. The van der Waals surface area contributed by atoms with Gasteiger partial charge in [0.1, 0.15) is 16.1 Å². The zero-order valence-corrected chi connectivity index (χ0v) is 34.4. The summed E-state index contributed by atoms with van der Waals surface area (Å²) < 4.78 is 18.6. The van der Waals surface area contributed by atoms with E-state index in [1.165, 1.54) is 52.2 Å². The van der Waals surface area contributed by atoms with Crippen molar-refractivity contribution in [2.45, 2.75) is 26.2 Å². The monoisotopic (exact) mass is 760 g/mol. The number of hydrogen-bond donors (Lipinski definition) is 0. The van der Waals surface area contributed by atoms with E-state index in [1.807, 2.05) is 40.9 Å². The Hall–Kier alpha value is -4.36. The molecular weight excluding hydrogens is 720 g/mol. The van der Waals surface area contributed by atoms with Crippen molar-refractivity contribution in [3.63, 3.8) is 0 Å². The van der Waals surface area contributed by atoms with Gasteiger partial charge >= 0.3 is 0 Å². The van der Waals surface area contributed by atoms with Gasteiger partial charge in [0.25, 0.3) is 0 Å². The van der Waals surface area contributed by atoms with Gasteiger partial charge in [0.2, 0.25) is 0 Å². The van der Waals surface area contributed by atoms with E-state index in [9.17, 15) is 0 Å². The Morgan fingerprint density at radius 3 is 1.06 bits per heavy atom. The van der Waals surface area contributed by atoms with Gasteiger partial charge in [-0.3, -0.25) is 0 Å². The third kappa shape index (κ3) is 6.36. The minimum Gasteiger partial charge on any atom is -0.309 e. The number of rotatable bonds is 9. The summed E-state index contributed by atoms with van der Waals surface area (Å²) in [5.74, 6) is 0. The van der Waals surface area contributed by atoms with Crippen LogP contribution in [0.3, 0.4) is 0 Å². The molecule has 1 aliphatic rings. The van der Waals surface area contributed by atoms with Gasteiger partial charge in [0.05, 0.1) is 9.75 Å². The van der Waals surface area contributed by atoms with Crippen molar-refractivity contribution in [3.05, 3.63) is 197 Å². The van der Waals surface area contributed by atoms with Crippen molar-refractivity contribution in [1.82, 2.24) is 0 Å². The highest BCUT2D eigenvalue weighted by Crippen LogP contribution is 2.55. The Kier molecular flexibility index (Phi) is 9.27. The first-order valence-electron chi connectivity index (χ1n) is 17.8. The fourth-order valence-electron chi connectivity index (χ4n) is 7.24. The van der Waals surface area contributed by atoms with Crippen molar-refractivity contribution < 1.29 is 4.57 Å². The molecule has 1 nitrogen and oxygen atoms in total. The largest absolute Gasteiger partial charge is 0.309 e. The Balaban J connectivity index is 1.27. The van der Waals surface area contributed by atoms with Crippen molar-refractivity contribution in [3.8, 4) is 9.75 Å². The molecule has 0 aliphatic carbocycles. The molecule has 0 amide bonds. The fraction of sp³-hybridized carbons (Fsp3) is 0.0870. The summed E-state index contributed by atoms with van der Waals surface area (Å²) in [5.41, 5.74) is 12.5. The third-order valence-corrected chi connectivity index (χ3v) is 24.1. The van der Waals surface area contributed by atoms with E-state index in [0.29, 0.717) is 0 Å². The molecule has 0 saturated heterocycles. The summed E-state index contributed by atoms with van der Waals surface area (Å²) >= 11 is 3.78. The van der Waals surface area contributed by atoms with Crippen LogP contribution in [0.1, 0.15) is 22.3 Å². The number of benzene rings is 5. The summed E-state index contributed by atoms with van der Waals surface area (Å²) in [6.45, 7) is 9.74. The van der Waals surface area contributed by atoms with Crippen LogP contribution in [0.2, 0.25) is 26.2 Å². The molecular formula is C46H41OPS2Si2. The molecule has 8 rings (SSSR count). The first-order valence-corrected chi connectivity index (χ1v) is 27.3. The lowest BCUT2D eigenvalue weighted by molar-refractivity contribution is 0.593. The van der Waals surface area contributed by atoms with Crippen LogP contribution in [0.25, 0.3) is 20.9 Å². The Labute approximate surface area is 318 Å². The molecule has 2 aromatic heterocycles. The summed E-state index contributed by atoms with van der Waals surface area (Å²) in [6, 6.07) is 57.9. The van der Waals surface area contributed by atoms with Crippen LogP contribution in [-0.4, -0.2) is 16.1 Å². The average Bonchev–Trinajstić information content (AvgIpc) is 3.89. The van der Waals surface area contributed by atoms with Crippen LogP contribution < -0.4 is 24.9 Å². The molecule has 0 spiro atoms. The van der Waals surface area contributed by atoms with E-state index in [2.05, 4.69) is 183 Å². The van der Waals surface area contributed by atoms with E-state index < -0.39 is 23.3 Å². The average molecular weight is 761 g/mol. The lowest BCUT2D eigenvalue weighted by Crippen LogP contribution is -2.39. The maximum Gasteiger partial charge on any atom is 0.173 e. The predicted octanol–water partition coefficient (Wildman–Crippen LogP) is 10.6. The SMILES string of the molecule is C[Si](C)(C=C(c1ccccc1)c1ccccc1)c1cc2c(s1)-c1sc([Si](C)(C)C=C(c3ccccc3)c3ccccc3)cc1P2(=O)c1ccccc1. The van der Waals surface area contributed by atoms with Crippen LogP contribution in [0.15, 0.2) is 175 Å². The van der Waals surface area contributed by atoms with Crippen molar-refractivity contribution in [2.75, 3.05) is 0 Å². The van der Waals surface area contributed by atoms with Crippen molar-refractivity contribution in [2.24, 2.45) is 0 Å². The second-order valence-corrected chi connectivity index (χ2v) is 28.7. The first-order chi connectivity index (χ1) is 25.1. The quantitative estimate of drug-likeness (QED) is 0.106. The molecule has 0 fully saturated rings. The van der Waals surface area contributed by atoms with Crippen molar-refractivity contribution >= 4 is 82.0 Å².